The van der Waals surface area contributed by atoms with Crippen molar-refractivity contribution in [3.8, 4) is 0 Å². The van der Waals surface area contributed by atoms with Crippen molar-refractivity contribution in [2.45, 2.75) is 12.6 Å². The first-order valence-electron chi connectivity index (χ1n) is 3.96. The third-order valence-corrected chi connectivity index (χ3v) is 2.73. The number of rotatable bonds is 1. The number of nitrogens with zero attached hydrogens (tertiary/aromatic N) is 1. The second kappa shape index (κ2) is 3.24. The Bertz CT molecular complexity index is 413. The summed E-state index contributed by atoms with van der Waals surface area (Å²) in [7, 11) is 0. The minimum atomic E-state index is -4.17. The summed E-state index contributed by atoms with van der Waals surface area (Å²) in [6, 6.07) is 7.04. The highest BCUT2D eigenvalue weighted by molar-refractivity contribution is 7.18. The van der Waals surface area contributed by atoms with E-state index in [-0.39, 0.29) is 5.01 Å². The topological polar surface area (TPSA) is 12.9 Å². The van der Waals surface area contributed by atoms with Crippen LogP contribution in [0.2, 0.25) is 0 Å². The monoisotopic (exact) mass is 217 g/mol. The molecule has 0 aliphatic carbocycles. The van der Waals surface area contributed by atoms with Crippen molar-refractivity contribution in [3.63, 3.8) is 0 Å². The first-order chi connectivity index (χ1) is 6.54. The molecular formula is C9H6F3NS. The first kappa shape index (κ1) is 9.45. The van der Waals surface area contributed by atoms with Crippen LogP contribution >= 0.6 is 11.3 Å². The van der Waals surface area contributed by atoms with E-state index in [9.17, 15) is 13.2 Å². The fourth-order valence-corrected chi connectivity index (χ4v) is 2.17. The third kappa shape index (κ3) is 2.04. The molecule has 0 aliphatic rings. The molecule has 1 aromatic carbocycles. The lowest BCUT2D eigenvalue weighted by Gasteiger charge is -2.00. The smallest absolute Gasteiger partial charge is 0.241 e. The van der Waals surface area contributed by atoms with Crippen LogP contribution in [-0.4, -0.2) is 11.2 Å². The molecule has 0 bridgehead atoms. The van der Waals surface area contributed by atoms with Gasteiger partial charge in [-0.15, -0.1) is 11.3 Å². The van der Waals surface area contributed by atoms with Crippen LogP contribution in [0.4, 0.5) is 13.2 Å². The van der Waals surface area contributed by atoms with E-state index in [2.05, 4.69) is 4.98 Å². The van der Waals surface area contributed by atoms with E-state index in [1.165, 1.54) is 0 Å². The van der Waals surface area contributed by atoms with Crippen LogP contribution in [-0.2, 0) is 6.42 Å². The summed E-state index contributed by atoms with van der Waals surface area (Å²) in [4.78, 5) is 3.90. The molecule has 0 amide bonds. The zero-order chi connectivity index (χ0) is 10.2. The SMILES string of the molecule is FC(F)(F)Cc1nc2ccccc2s1. The number of hydrogen-bond acceptors (Lipinski definition) is 2. The summed E-state index contributed by atoms with van der Waals surface area (Å²) in [6.45, 7) is 0. The summed E-state index contributed by atoms with van der Waals surface area (Å²) < 4.78 is 36.9. The third-order valence-electron chi connectivity index (χ3n) is 1.69. The van der Waals surface area contributed by atoms with Gasteiger partial charge in [0.1, 0.15) is 5.01 Å². The standard InChI is InChI=1S/C9H6F3NS/c10-9(11,12)5-8-13-6-3-1-2-4-7(6)14-8/h1-4H,5H2. The zero-order valence-corrected chi connectivity index (χ0v) is 7.82. The molecule has 0 saturated heterocycles. The molecule has 74 valence electrons. The second-order valence-electron chi connectivity index (χ2n) is 2.87. The molecular weight excluding hydrogens is 211 g/mol. The Kier molecular flexibility index (Phi) is 2.19. The van der Waals surface area contributed by atoms with Gasteiger partial charge >= 0.3 is 6.18 Å². The van der Waals surface area contributed by atoms with Crippen molar-refractivity contribution < 1.29 is 13.2 Å². The lowest BCUT2D eigenvalue weighted by Crippen LogP contribution is -2.10. The van der Waals surface area contributed by atoms with Crippen LogP contribution in [0, 0.1) is 0 Å². The van der Waals surface area contributed by atoms with Crippen LogP contribution in [0.15, 0.2) is 24.3 Å². The summed E-state index contributed by atoms with van der Waals surface area (Å²) in [5.41, 5.74) is 0.636. The van der Waals surface area contributed by atoms with Crippen molar-refractivity contribution in [3.05, 3.63) is 29.3 Å². The normalized spacial score (nSPS) is 12.2. The Morgan fingerprint density at radius 3 is 2.57 bits per heavy atom. The van der Waals surface area contributed by atoms with E-state index in [0.717, 1.165) is 16.0 Å². The van der Waals surface area contributed by atoms with Crippen molar-refractivity contribution in [2.24, 2.45) is 0 Å². The predicted octanol–water partition coefficient (Wildman–Crippen LogP) is 3.40. The van der Waals surface area contributed by atoms with Gasteiger partial charge in [0, 0.05) is 0 Å². The van der Waals surface area contributed by atoms with Gasteiger partial charge in [0.05, 0.1) is 16.6 Å². The Morgan fingerprint density at radius 1 is 1.21 bits per heavy atom. The van der Waals surface area contributed by atoms with E-state index < -0.39 is 12.6 Å². The molecule has 2 rings (SSSR count). The summed E-state index contributed by atoms with van der Waals surface area (Å²) in [5, 5.41) is 0.124. The molecule has 1 heterocycles. The lowest BCUT2D eigenvalue weighted by atomic mass is 10.3. The van der Waals surface area contributed by atoms with E-state index in [1.807, 2.05) is 0 Å². The maximum atomic E-state index is 12.0. The number of hydrogen-bond donors (Lipinski definition) is 0. The Hall–Kier alpha value is -1.10. The highest BCUT2D eigenvalue weighted by Gasteiger charge is 2.29. The molecule has 0 atom stereocenters. The molecule has 0 aliphatic heterocycles. The molecule has 0 N–H and O–H groups in total. The summed E-state index contributed by atoms with van der Waals surface area (Å²) >= 11 is 1.09. The molecule has 2 aromatic rings. The average molecular weight is 217 g/mol. The van der Waals surface area contributed by atoms with Crippen molar-refractivity contribution in [1.82, 2.24) is 4.98 Å². The van der Waals surface area contributed by atoms with Gasteiger partial charge < -0.3 is 0 Å². The first-order valence-corrected chi connectivity index (χ1v) is 4.77. The van der Waals surface area contributed by atoms with E-state index in [0.29, 0.717) is 5.52 Å². The fraction of sp³-hybridized carbons (Fsp3) is 0.222. The molecule has 0 spiro atoms. The van der Waals surface area contributed by atoms with Crippen molar-refractivity contribution in [2.75, 3.05) is 0 Å². The largest absolute Gasteiger partial charge is 0.395 e. The number of para-hydroxylation sites is 1. The molecule has 0 radical (unpaired) electrons. The van der Waals surface area contributed by atoms with Crippen molar-refractivity contribution >= 4 is 21.6 Å². The van der Waals surface area contributed by atoms with Gasteiger partial charge in [0.2, 0.25) is 0 Å². The minimum Gasteiger partial charge on any atom is -0.241 e. The molecule has 5 heteroatoms. The maximum Gasteiger partial charge on any atom is 0.395 e. The molecule has 0 unspecified atom stereocenters. The number of alkyl halides is 3. The second-order valence-corrected chi connectivity index (χ2v) is 3.98. The van der Waals surface area contributed by atoms with E-state index in [1.54, 1.807) is 24.3 Å². The predicted molar refractivity (Wildman–Crippen MR) is 49.4 cm³/mol. The fourth-order valence-electron chi connectivity index (χ4n) is 1.17. The summed E-state index contributed by atoms with van der Waals surface area (Å²) in [5.74, 6) is 0. The Morgan fingerprint density at radius 2 is 1.93 bits per heavy atom. The number of benzene rings is 1. The van der Waals surface area contributed by atoms with E-state index in [4.69, 9.17) is 0 Å². The van der Waals surface area contributed by atoms with Crippen LogP contribution < -0.4 is 0 Å². The van der Waals surface area contributed by atoms with Gasteiger partial charge in [0.25, 0.3) is 0 Å². The van der Waals surface area contributed by atoms with Gasteiger partial charge in [-0.2, -0.15) is 13.2 Å². The van der Waals surface area contributed by atoms with Crippen LogP contribution in [0.5, 0.6) is 0 Å². The zero-order valence-electron chi connectivity index (χ0n) is 7.01. The number of thiazole rings is 1. The molecule has 1 aromatic heterocycles. The average Bonchev–Trinajstić information content (AvgIpc) is 2.42. The number of aromatic nitrogens is 1. The lowest BCUT2D eigenvalue weighted by molar-refractivity contribution is -0.127. The number of halogens is 3. The highest BCUT2D eigenvalue weighted by atomic mass is 32.1. The Balaban J connectivity index is 2.36. The highest BCUT2D eigenvalue weighted by Crippen LogP contribution is 2.27. The number of fused-ring (bicyclic) bond motifs is 1. The van der Waals surface area contributed by atoms with Gasteiger partial charge in [-0.05, 0) is 12.1 Å². The molecule has 0 fully saturated rings. The van der Waals surface area contributed by atoms with Gasteiger partial charge in [-0.1, -0.05) is 12.1 Å². The van der Waals surface area contributed by atoms with E-state index >= 15 is 0 Å². The minimum absolute atomic E-state index is 0.124. The van der Waals surface area contributed by atoms with Crippen LogP contribution in [0.3, 0.4) is 0 Å². The molecule has 1 nitrogen and oxygen atoms in total. The Labute approximate surface area is 82.2 Å². The quantitative estimate of drug-likeness (QED) is 0.713. The molecule has 14 heavy (non-hydrogen) atoms. The van der Waals surface area contributed by atoms with Gasteiger partial charge in [0.15, 0.2) is 0 Å². The molecule has 0 saturated carbocycles. The van der Waals surface area contributed by atoms with Gasteiger partial charge in [-0.25, -0.2) is 4.98 Å². The van der Waals surface area contributed by atoms with Crippen LogP contribution in [0.25, 0.3) is 10.2 Å². The maximum absolute atomic E-state index is 12.0. The van der Waals surface area contributed by atoms with Crippen LogP contribution in [0.1, 0.15) is 5.01 Å². The van der Waals surface area contributed by atoms with Crippen molar-refractivity contribution in [1.29, 1.82) is 0 Å². The van der Waals surface area contributed by atoms with Gasteiger partial charge in [-0.3, -0.25) is 0 Å². The summed E-state index contributed by atoms with van der Waals surface area (Å²) in [6.07, 6.45) is -5.11.